The number of aliphatic hydroxyl groups excluding tert-OH is 1. The Morgan fingerprint density at radius 1 is 1.25 bits per heavy atom. The molecule has 0 aliphatic carbocycles. The van der Waals surface area contributed by atoms with Gasteiger partial charge in [-0.05, 0) is 49.1 Å². The van der Waals surface area contributed by atoms with Gasteiger partial charge in [0.1, 0.15) is 5.82 Å². The number of carbonyl (C=O) groups excluding carboxylic acids is 1. The van der Waals surface area contributed by atoms with Gasteiger partial charge in [0.2, 0.25) is 0 Å². The minimum absolute atomic E-state index is 0.0352. The summed E-state index contributed by atoms with van der Waals surface area (Å²) in [4.78, 5) is 18.8. The summed E-state index contributed by atoms with van der Waals surface area (Å²) in [6.45, 7) is 1.24. The molecule has 0 spiro atoms. The summed E-state index contributed by atoms with van der Waals surface area (Å²) in [7, 11) is 0. The third-order valence-corrected chi connectivity index (χ3v) is 4.32. The van der Waals surface area contributed by atoms with E-state index in [0.717, 1.165) is 24.1 Å². The van der Waals surface area contributed by atoms with Crippen LogP contribution >= 0.6 is 0 Å². The van der Waals surface area contributed by atoms with Gasteiger partial charge < -0.3 is 10.0 Å². The van der Waals surface area contributed by atoms with Crippen molar-refractivity contribution in [2.24, 2.45) is 0 Å². The molecular weight excluding hydrogens is 307 g/mol. The van der Waals surface area contributed by atoms with Crippen LogP contribution in [0.15, 0.2) is 42.6 Å². The van der Waals surface area contributed by atoms with Crippen molar-refractivity contribution in [2.75, 3.05) is 13.1 Å². The highest BCUT2D eigenvalue weighted by Crippen LogP contribution is 2.16. The van der Waals surface area contributed by atoms with Crippen molar-refractivity contribution in [2.45, 2.75) is 31.8 Å². The molecule has 126 valence electrons. The van der Waals surface area contributed by atoms with E-state index in [1.54, 1.807) is 29.3 Å². The number of aromatic nitrogens is 1. The zero-order valence-electron chi connectivity index (χ0n) is 13.5. The summed E-state index contributed by atoms with van der Waals surface area (Å²) in [6, 6.07) is 9.88. The first-order chi connectivity index (χ1) is 11.6. The second-order valence-electron chi connectivity index (χ2n) is 6.22. The van der Waals surface area contributed by atoms with Gasteiger partial charge in [-0.25, -0.2) is 4.39 Å². The smallest absolute Gasteiger partial charge is 0.253 e. The van der Waals surface area contributed by atoms with Gasteiger partial charge in [0, 0.05) is 37.0 Å². The molecule has 1 saturated heterocycles. The maximum absolute atomic E-state index is 13.3. The number of hydrogen-bond donors (Lipinski definition) is 1. The molecule has 1 aromatic carbocycles. The third kappa shape index (κ3) is 4.17. The van der Waals surface area contributed by atoms with Gasteiger partial charge in [0.05, 0.1) is 6.10 Å². The molecule has 1 aromatic heterocycles. The fourth-order valence-electron chi connectivity index (χ4n) is 3.03. The zero-order valence-corrected chi connectivity index (χ0v) is 13.5. The number of likely N-dealkylation sites (tertiary alicyclic amines) is 1. The van der Waals surface area contributed by atoms with E-state index < -0.39 is 0 Å². The lowest BCUT2D eigenvalue weighted by Gasteiger charge is -2.20. The molecule has 24 heavy (non-hydrogen) atoms. The fourth-order valence-corrected chi connectivity index (χ4v) is 3.03. The summed E-state index contributed by atoms with van der Waals surface area (Å²) < 4.78 is 13.3. The van der Waals surface area contributed by atoms with E-state index in [0.29, 0.717) is 31.5 Å². The van der Waals surface area contributed by atoms with Crippen LogP contribution in [0, 0.1) is 5.82 Å². The van der Waals surface area contributed by atoms with Crippen LogP contribution in [0.3, 0.4) is 0 Å². The van der Waals surface area contributed by atoms with Gasteiger partial charge in [-0.1, -0.05) is 12.1 Å². The number of hydrogen-bond acceptors (Lipinski definition) is 3. The summed E-state index contributed by atoms with van der Waals surface area (Å²) in [5.41, 5.74) is 2.15. The molecular formula is C19H21FN2O2. The topological polar surface area (TPSA) is 53.4 Å². The van der Waals surface area contributed by atoms with Crippen LogP contribution in [-0.2, 0) is 6.42 Å². The van der Waals surface area contributed by atoms with Crippen molar-refractivity contribution in [3.63, 3.8) is 0 Å². The van der Waals surface area contributed by atoms with E-state index in [4.69, 9.17) is 0 Å². The Kier molecular flexibility index (Phi) is 5.20. The predicted molar refractivity (Wildman–Crippen MR) is 89.2 cm³/mol. The maximum Gasteiger partial charge on any atom is 0.253 e. The second-order valence-corrected chi connectivity index (χ2v) is 6.22. The van der Waals surface area contributed by atoms with E-state index in [1.807, 2.05) is 6.07 Å². The molecule has 0 radical (unpaired) electrons. The van der Waals surface area contributed by atoms with E-state index in [-0.39, 0.29) is 17.8 Å². The Balaban J connectivity index is 1.73. The normalized spacial score (nSPS) is 18.2. The summed E-state index contributed by atoms with van der Waals surface area (Å²) in [6.07, 6.45) is 3.96. The number of rotatable bonds is 3. The van der Waals surface area contributed by atoms with Crippen LogP contribution in [0.5, 0.6) is 0 Å². The van der Waals surface area contributed by atoms with Crippen LogP contribution < -0.4 is 0 Å². The minimum Gasteiger partial charge on any atom is -0.393 e. The molecule has 2 heterocycles. The highest BCUT2D eigenvalue weighted by atomic mass is 19.1. The number of halogens is 1. The second kappa shape index (κ2) is 7.53. The molecule has 1 aliphatic heterocycles. The lowest BCUT2D eigenvalue weighted by molar-refractivity contribution is 0.0753. The van der Waals surface area contributed by atoms with Crippen molar-refractivity contribution in [3.8, 4) is 0 Å². The van der Waals surface area contributed by atoms with Crippen LogP contribution in [-0.4, -0.2) is 40.1 Å². The Morgan fingerprint density at radius 3 is 2.96 bits per heavy atom. The number of pyridine rings is 1. The molecule has 2 aromatic rings. The van der Waals surface area contributed by atoms with Crippen LogP contribution in [0.2, 0.25) is 0 Å². The monoisotopic (exact) mass is 328 g/mol. The van der Waals surface area contributed by atoms with Gasteiger partial charge >= 0.3 is 0 Å². The summed E-state index contributed by atoms with van der Waals surface area (Å²) >= 11 is 0. The van der Waals surface area contributed by atoms with E-state index in [9.17, 15) is 14.3 Å². The maximum atomic E-state index is 13.3. The van der Waals surface area contributed by atoms with Gasteiger partial charge in [-0.3, -0.25) is 9.78 Å². The predicted octanol–water partition coefficient (Wildman–Crippen LogP) is 2.80. The number of benzene rings is 1. The number of amides is 1. The summed E-state index contributed by atoms with van der Waals surface area (Å²) in [5.74, 6) is -0.310. The van der Waals surface area contributed by atoms with Crippen LogP contribution in [0.4, 0.5) is 4.39 Å². The zero-order chi connectivity index (χ0) is 16.9. The van der Waals surface area contributed by atoms with Crippen molar-refractivity contribution < 1.29 is 14.3 Å². The molecule has 3 rings (SSSR count). The van der Waals surface area contributed by atoms with Crippen molar-refractivity contribution in [3.05, 3.63) is 65.2 Å². The fraction of sp³-hybridized carbons (Fsp3) is 0.368. The first-order valence-corrected chi connectivity index (χ1v) is 8.28. The highest BCUT2D eigenvalue weighted by molar-refractivity contribution is 5.94. The molecule has 1 atom stereocenters. The molecule has 1 N–H and O–H groups in total. The Bertz CT molecular complexity index is 720. The number of aliphatic hydroxyl groups is 1. The lowest BCUT2D eigenvalue weighted by Crippen LogP contribution is -2.32. The minimum atomic E-state index is -0.316. The lowest BCUT2D eigenvalue weighted by atomic mass is 10.1. The number of nitrogens with zero attached hydrogens (tertiary/aromatic N) is 2. The Hall–Kier alpha value is -2.27. The first kappa shape index (κ1) is 16.6. The molecule has 4 nitrogen and oxygen atoms in total. The molecule has 0 bridgehead atoms. The third-order valence-electron chi connectivity index (χ3n) is 4.32. The van der Waals surface area contributed by atoms with Crippen molar-refractivity contribution in [1.29, 1.82) is 0 Å². The molecule has 1 fully saturated rings. The molecule has 1 aliphatic rings. The Labute approximate surface area is 141 Å². The van der Waals surface area contributed by atoms with Crippen LogP contribution in [0.1, 0.15) is 40.9 Å². The highest BCUT2D eigenvalue weighted by Gasteiger charge is 2.20. The average Bonchev–Trinajstić information content (AvgIpc) is 2.79. The van der Waals surface area contributed by atoms with Crippen LogP contribution in [0.25, 0.3) is 0 Å². The van der Waals surface area contributed by atoms with E-state index in [1.165, 1.54) is 12.1 Å². The molecule has 0 saturated carbocycles. The Morgan fingerprint density at radius 2 is 2.12 bits per heavy atom. The summed E-state index contributed by atoms with van der Waals surface area (Å²) in [5, 5.41) is 9.71. The SMILES string of the molecule is O=C(c1ccnc(Cc2cccc(F)c2)c1)N1CCC[C@H](O)CC1. The number of carbonyl (C=O) groups is 1. The molecule has 0 unspecified atom stereocenters. The van der Waals surface area contributed by atoms with Gasteiger partial charge in [0.25, 0.3) is 5.91 Å². The van der Waals surface area contributed by atoms with Gasteiger partial charge in [-0.2, -0.15) is 0 Å². The standard InChI is InChI=1S/C19H21FN2O2/c20-16-4-1-3-14(11-16)12-17-13-15(6-8-21-17)19(24)22-9-2-5-18(23)7-10-22/h1,3-4,6,8,11,13,18,23H,2,5,7,9-10,12H2/t18-/m0/s1. The molecule has 1 amide bonds. The van der Waals surface area contributed by atoms with E-state index in [2.05, 4.69) is 4.98 Å². The molecule has 5 heteroatoms. The quantitative estimate of drug-likeness (QED) is 0.943. The van der Waals surface area contributed by atoms with Crippen molar-refractivity contribution >= 4 is 5.91 Å². The van der Waals surface area contributed by atoms with Gasteiger partial charge in [-0.15, -0.1) is 0 Å². The average molecular weight is 328 g/mol. The van der Waals surface area contributed by atoms with Gasteiger partial charge in [0.15, 0.2) is 0 Å². The largest absolute Gasteiger partial charge is 0.393 e. The first-order valence-electron chi connectivity index (χ1n) is 8.28. The van der Waals surface area contributed by atoms with E-state index >= 15 is 0 Å². The van der Waals surface area contributed by atoms with Crippen molar-refractivity contribution in [1.82, 2.24) is 9.88 Å².